The molecule has 0 bridgehead atoms. The molecule has 2 aromatic carbocycles. The molecule has 3 aromatic rings. The molecule has 1 saturated heterocycles. The third kappa shape index (κ3) is 4.09. The minimum absolute atomic E-state index is 0.0201. The van der Waals surface area contributed by atoms with Crippen LogP contribution in [0.5, 0.6) is 5.75 Å². The first-order valence-electron chi connectivity index (χ1n) is 11.0. The summed E-state index contributed by atoms with van der Waals surface area (Å²) in [5.74, 6) is 1.55. The number of hydrazine groups is 1. The highest BCUT2D eigenvalue weighted by Gasteiger charge is 2.40. The number of aromatic nitrogens is 1. The highest BCUT2D eigenvalue weighted by molar-refractivity contribution is 5.84. The van der Waals surface area contributed by atoms with Gasteiger partial charge in [-0.15, -0.1) is 0 Å². The van der Waals surface area contributed by atoms with Gasteiger partial charge in [-0.3, -0.25) is 4.79 Å². The van der Waals surface area contributed by atoms with Gasteiger partial charge in [0.05, 0.1) is 24.8 Å². The van der Waals surface area contributed by atoms with Crippen molar-refractivity contribution in [1.29, 1.82) is 0 Å². The Kier molecular flexibility index (Phi) is 5.60. The van der Waals surface area contributed by atoms with Crippen LogP contribution in [-0.4, -0.2) is 33.4 Å². The number of carbonyl (C=O) groups is 1. The number of oxazole rings is 1. The summed E-state index contributed by atoms with van der Waals surface area (Å²) in [7, 11) is 0. The summed E-state index contributed by atoms with van der Waals surface area (Å²) in [6.45, 7) is 4.63. The number of fused-ring (bicyclic) bond motifs is 1. The van der Waals surface area contributed by atoms with Crippen molar-refractivity contribution in [3.05, 3.63) is 83.8 Å². The summed E-state index contributed by atoms with van der Waals surface area (Å²) in [6.07, 6.45) is 4.20. The fraction of sp³-hybridized carbons (Fsp3) is 0.280. The summed E-state index contributed by atoms with van der Waals surface area (Å²) >= 11 is 0. The molecule has 0 spiro atoms. The van der Waals surface area contributed by atoms with Crippen LogP contribution in [0, 0.1) is 12.7 Å². The summed E-state index contributed by atoms with van der Waals surface area (Å²) < 4.78 is 24.9. The first-order valence-corrected chi connectivity index (χ1v) is 11.0. The molecule has 5 rings (SSSR count). The van der Waals surface area contributed by atoms with E-state index in [1.165, 1.54) is 12.1 Å². The van der Waals surface area contributed by atoms with E-state index in [2.05, 4.69) is 10.4 Å². The molecule has 1 amide bonds. The van der Waals surface area contributed by atoms with Crippen molar-refractivity contribution in [2.45, 2.75) is 38.9 Å². The number of hydrogen-bond acceptors (Lipinski definition) is 6. The largest absolute Gasteiger partial charge is 0.493 e. The molecule has 2 aliphatic heterocycles. The molecule has 33 heavy (non-hydrogen) atoms. The standard InChI is InChI=1S/C25H25FN4O3/c1-3-32-23-7-5-4-6-19(23)24-27-21(16(2)33-24)15-29-12-13-30-22(25(29)31)14-20(28-30)17-8-10-18(26)11-9-17/h4-13,20,22,28H,3,14-15H2,1-2H3. The Morgan fingerprint density at radius 2 is 1.97 bits per heavy atom. The van der Waals surface area contributed by atoms with Gasteiger partial charge in [0.25, 0.3) is 5.91 Å². The summed E-state index contributed by atoms with van der Waals surface area (Å²) in [5.41, 5.74) is 5.75. The predicted octanol–water partition coefficient (Wildman–Crippen LogP) is 4.32. The monoisotopic (exact) mass is 448 g/mol. The lowest BCUT2D eigenvalue weighted by molar-refractivity contribution is -0.135. The molecule has 2 aliphatic rings. The van der Waals surface area contributed by atoms with Crippen LogP contribution in [-0.2, 0) is 11.3 Å². The van der Waals surface area contributed by atoms with E-state index in [1.54, 1.807) is 23.2 Å². The molecule has 3 heterocycles. The number of amides is 1. The first-order chi connectivity index (χ1) is 16.0. The van der Waals surface area contributed by atoms with E-state index in [9.17, 15) is 9.18 Å². The lowest BCUT2D eigenvalue weighted by Crippen LogP contribution is -2.47. The second-order valence-corrected chi connectivity index (χ2v) is 8.11. The van der Waals surface area contributed by atoms with Gasteiger partial charge in [0.2, 0.25) is 5.89 Å². The minimum Gasteiger partial charge on any atom is -0.493 e. The average Bonchev–Trinajstić information content (AvgIpc) is 3.41. The van der Waals surface area contributed by atoms with Crippen LogP contribution in [0.3, 0.4) is 0 Å². The molecule has 7 nitrogen and oxygen atoms in total. The third-order valence-corrected chi connectivity index (χ3v) is 5.98. The van der Waals surface area contributed by atoms with Crippen molar-refractivity contribution >= 4 is 5.91 Å². The molecule has 170 valence electrons. The number of aryl methyl sites for hydroxylation is 1. The third-order valence-electron chi connectivity index (χ3n) is 5.98. The average molecular weight is 448 g/mol. The molecule has 2 unspecified atom stereocenters. The van der Waals surface area contributed by atoms with Gasteiger partial charge in [-0.2, -0.15) is 0 Å². The SMILES string of the molecule is CCOc1ccccc1-c1nc(CN2C=CN3NC(c4ccc(F)cc4)CC3C2=O)c(C)o1. The maximum Gasteiger partial charge on any atom is 0.251 e. The number of benzene rings is 2. The number of rotatable bonds is 6. The molecule has 2 atom stereocenters. The fourth-order valence-electron chi connectivity index (χ4n) is 4.26. The van der Waals surface area contributed by atoms with Crippen LogP contribution >= 0.6 is 0 Å². The van der Waals surface area contributed by atoms with Gasteiger partial charge in [-0.25, -0.2) is 14.8 Å². The van der Waals surface area contributed by atoms with Crippen LogP contribution in [0.2, 0.25) is 0 Å². The molecular weight excluding hydrogens is 423 g/mol. The highest BCUT2D eigenvalue weighted by Crippen LogP contribution is 2.33. The Bertz CT molecular complexity index is 1190. The number of para-hydroxylation sites is 1. The first kappa shape index (κ1) is 21.2. The molecule has 0 radical (unpaired) electrons. The number of ether oxygens (including phenoxy) is 1. The summed E-state index contributed by atoms with van der Waals surface area (Å²) in [6, 6.07) is 13.6. The number of nitrogens with one attached hydrogen (secondary N) is 1. The van der Waals surface area contributed by atoms with Gasteiger partial charge < -0.3 is 19.1 Å². The van der Waals surface area contributed by atoms with Crippen LogP contribution in [0.15, 0.2) is 65.3 Å². The van der Waals surface area contributed by atoms with E-state index in [1.807, 2.05) is 49.3 Å². The Morgan fingerprint density at radius 1 is 1.18 bits per heavy atom. The van der Waals surface area contributed by atoms with E-state index < -0.39 is 0 Å². The van der Waals surface area contributed by atoms with Crippen LogP contribution in [0.1, 0.15) is 36.4 Å². The molecule has 0 saturated carbocycles. The second-order valence-electron chi connectivity index (χ2n) is 8.11. The Balaban J connectivity index is 1.32. The van der Waals surface area contributed by atoms with Gasteiger partial charge in [-0.1, -0.05) is 24.3 Å². The van der Waals surface area contributed by atoms with E-state index in [0.29, 0.717) is 42.7 Å². The lowest BCUT2D eigenvalue weighted by Gasteiger charge is -2.31. The van der Waals surface area contributed by atoms with Crippen molar-refractivity contribution in [2.75, 3.05) is 6.61 Å². The molecule has 1 aromatic heterocycles. The second kappa shape index (κ2) is 8.71. The van der Waals surface area contributed by atoms with Crippen LogP contribution < -0.4 is 10.2 Å². The van der Waals surface area contributed by atoms with Crippen molar-refractivity contribution in [3.63, 3.8) is 0 Å². The quantitative estimate of drug-likeness (QED) is 0.606. The topological polar surface area (TPSA) is 70.8 Å². The molecule has 1 N–H and O–H groups in total. The summed E-state index contributed by atoms with van der Waals surface area (Å²) in [4.78, 5) is 19.6. The van der Waals surface area contributed by atoms with Gasteiger partial charge in [-0.05, 0) is 50.1 Å². The Labute approximate surface area is 191 Å². The molecular formula is C25H25FN4O3. The van der Waals surface area contributed by atoms with E-state index in [0.717, 1.165) is 11.1 Å². The Morgan fingerprint density at radius 3 is 2.76 bits per heavy atom. The zero-order valence-electron chi connectivity index (χ0n) is 18.5. The minimum atomic E-state index is -0.338. The smallest absolute Gasteiger partial charge is 0.251 e. The van der Waals surface area contributed by atoms with E-state index in [4.69, 9.17) is 9.15 Å². The van der Waals surface area contributed by atoms with E-state index in [-0.39, 0.29) is 23.8 Å². The Hall–Kier alpha value is -3.65. The lowest BCUT2D eigenvalue weighted by atomic mass is 10.0. The van der Waals surface area contributed by atoms with Gasteiger partial charge in [0.15, 0.2) is 0 Å². The number of carbonyl (C=O) groups excluding carboxylic acids is 1. The van der Waals surface area contributed by atoms with Gasteiger partial charge in [0, 0.05) is 12.4 Å². The fourth-order valence-corrected chi connectivity index (χ4v) is 4.26. The van der Waals surface area contributed by atoms with E-state index >= 15 is 0 Å². The van der Waals surface area contributed by atoms with Crippen molar-refractivity contribution < 1.29 is 18.3 Å². The zero-order valence-corrected chi connectivity index (χ0v) is 18.5. The van der Waals surface area contributed by atoms with Crippen LogP contribution in [0.4, 0.5) is 4.39 Å². The van der Waals surface area contributed by atoms with Gasteiger partial charge >= 0.3 is 0 Å². The number of halogens is 1. The maximum absolute atomic E-state index is 13.3. The highest BCUT2D eigenvalue weighted by atomic mass is 19.1. The predicted molar refractivity (Wildman–Crippen MR) is 120 cm³/mol. The van der Waals surface area contributed by atoms with Crippen molar-refractivity contribution in [3.8, 4) is 17.2 Å². The van der Waals surface area contributed by atoms with Gasteiger partial charge in [0.1, 0.15) is 29.1 Å². The molecule has 1 fully saturated rings. The van der Waals surface area contributed by atoms with Crippen LogP contribution in [0.25, 0.3) is 11.5 Å². The molecule has 0 aliphatic carbocycles. The maximum atomic E-state index is 13.3. The summed E-state index contributed by atoms with van der Waals surface area (Å²) in [5, 5.41) is 1.83. The normalized spacial score (nSPS) is 19.8. The molecule has 8 heteroatoms. The zero-order chi connectivity index (χ0) is 22.9. The number of nitrogens with zero attached hydrogens (tertiary/aromatic N) is 3. The number of hydrogen-bond donors (Lipinski definition) is 1. The van der Waals surface area contributed by atoms with Crippen molar-refractivity contribution in [1.82, 2.24) is 20.3 Å². The van der Waals surface area contributed by atoms with Crippen molar-refractivity contribution in [2.24, 2.45) is 0 Å².